The van der Waals surface area contributed by atoms with Crippen LogP contribution in [0.1, 0.15) is 21.5 Å². The minimum atomic E-state index is -0.330. The molecule has 1 aliphatic heterocycles. The number of amides is 2. The second kappa shape index (κ2) is 10.3. The number of hydrogen-bond acceptors (Lipinski definition) is 3. The van der Waals surface area contributed by atoms with Gasteiger partial charge in [-0.2, -0.15) is 0 Å². The van der Waals surface area contributed by atoms with E-state index < -0.39 is 0 Å². The average molecular weight is 450 g/mol. The van der Waals surface area contributed by atoms with Gasteiger partial charge in [-0.1, -0.05) is 30.3 Å². The summed E-state index contributed by atoms with van der Waals surface area (Å²) in [7, 11) is 0. The van der Waals surface area contributed by atoms with E-state index in [1.807, 2.05) is 0 Å². The molecule has 0 N–H and O–H groups in total. The molecule has 170 valence electrons. The van der Waals surface area contributed by atoms with Crippen molar-refractivity contribution in [2.75, 3.05) is 26.2 Å². The molecule has 33 heavy (non-hydrogen) atoms. The lowest BCUT2D eigenvalue weighted by atomic mass is 10.1. The third-order valence-corrected chi connectivity index (χ3v) is 5.59. The Hall–Kier alpha value is -3.74. The van der Waals surface area contributed by atoms with Crippen molar-refractivity contribution < 1.29 is 23.1 Å². The summed E-state index contributed by atoms with van der Waals surface area (Å²) in [5, 5.41) is 0. The second-order valence-electron chi connectivity index (χ2n) is 7.92. The van der Waals surface area contributed by atoms with Crippen molar-refractivity contribution in [1.29, 1.82) is 0 Å². The molecular formula is C26H24F2N2O3. The molecule has 4 rings (SSSR count). The fourth-order valence-corrected chi connectivity index (χ4v) is 3.70. The molecule has 7 heteroatoms. The van der Waals surface area contributed by atoms with Crippen LogP contribution in [-0.4, -0.2) is 47.8 Å². The van der Waals surface area contributed by atoms with Crippen LogP contribution < -0.4 is 4.74 Å². The number of halogens is 2. The monoisotopic (exact) mass is 450 g/mol. The molecule has 3 aromatic carbocycles. The SMILES string of the molecule is O=C(Cc1ccc(F)cc1)N1CCN(C(=O)c2cccc(OCc3ccc(F)cc3)c2)CC1. The molecule has 1 aliphatic rings. The number of carbonyl (C=O) groups excluding carboxylic acids is 2. The fourth-order valence-electron chi connectivity index (χ4n) is 3.70. The van der Waals surface area contributed by atoms with Crippen molar-refractivity contribution in [1.82, 2.24) is 9.80 Å². The lowest BCUT2D eigenvalue weighted by Crippen LogP contribution is -2.51. The lowest BCUT2D eigenvalue weighted by molar-refractivity contribution is -0.131. The molecule has 0 bridgehead atoms. The van der Waals surface area contributed by atoms with Gasteiger partial charge in [-0.25, -0.2) is 8.78 Å². The van der Waals surface area contributed by atoms with Crippen molar-refractivity contribution in [3.05, 3.63) is 101 Å². The topological polar surface area (TPSA) is 49.9 Å². The predicted octanol–water partition coefficient (Wildman–Crippen LogP) is 4.07. The first-order chi connectivity index (χ1) is 16.0. The van der Waals surface area contributed by atoms with Crippen LogP contribution >= 0.6 is 0 Å². The van der Waals surface area contributed by atoms with Crippen LogP contribution in [0, 0.1) is 11.6 Å². The molecule has 1 saturated heterocycles. The standard InChI is InChI=1S/C26H24F2N2O3/c27-22-8-4-19(5-9-22)16-25(31)29-12-14-30(15-13-29)26(32)21-2-1-3-24(17-21)33-18-20-6-10-23(28)11-7-20/h1-11,17H,12-16,18H2. The summed E-state index contributed by atoms with van der Waals surface area (Å²) >= 11 is 0. The summed E-state index contributed by atoms with van der Waals surface area (Å²) in [5.74, 6) is -0.233. The van der Waals surface area contributed by atoms with Gasteiger partial charge in [-0.15, -0.1) is 0 Å². The Morgan fingerprint density at radius 1 is 0.758 bits per heavy atom. The van der Waals surface area contributed by atoms with Gasteiger partial charge >= 0.3 is 0 Å². The maximum Gasteiger partial charge on any atom is 0.254 e. The normalized spacial score (nSPS) is 13.6. The second-order valence-corrected chi connectivity index (χ2v) is 7.92. The molecule has 0 unspecified atom stereocenters. The quantitative estimate of drug-likeness (QED) is 0.569. The molecule has 0 radical (unpaired) electrons. The number of piperazine rings is 1. The van der Waals surface area contributed by atoms with E-state index in [0.717, 1.165) is 11.1 Å². The van der Waals surface area contributed by atoms with Crippen molar-refractivity contribution in [2.45, 2.75) is 13.0 Å². The first-order valence-electron chi connectivity index (χ1n) is 10.8. The van der Waals surface area contributed by atoms with Gasteiger partial charge < -0.3 is 14.5 Å². The van der Waals surface area contributed by atoms with E-state index in [2.05, 4.69) is 0 Å². The Bertz CT molecular complexity index is 1110. The molecule has 0 atom stereocenters. The Kier molecular flexibility index (Phi) is 6.98. The third kappa shape index (κ3) is 5.94. The van der Waals surface area contributed by atoms with E-state index >= 15 is 0 Å². The first kappa shape index (κ1) is 22.5. The van der Waals surface area contributed by atoms with E-state index in [-0.39, 0.29) is 36.5 Å². The lowest BCUT2D eigenvalue weighted by Gasteiger charge is -2.35. The molecule has 0 saturated carbocycles. The highest BCUT2D eigenvalue weighted by molar-refractivity contribution is 5.94. The van der Waals surface area contributed by atoms with Crippen LogP contribution in [-0.2, 0) is 17.8 Å². The Balaban J connectivity index is 1.30. The van der Waals surface area contributed by atoms with Gasteiger partial charge in [0.2, 0.25) is 5.91 Å². The van der Waals surface area contributed by atoms with Crippen LogP contribution in [0.4, 0.5) is 8.78 Å². The molecular weight excluding hydrogens is 426 g/mol. The van der Waals surface area contributed by atoms with Gasteiger partial charge in [-0.05, 0) is 53.6 Å². The smallest absolute Gasteiger partial charge is 0.254 e. The summed E-state index contributed by atoms with van der Waals surface area (Å²) in [6.07, 6.45) is 0.210. The third-order valence-electron chi connectivity index (χ3n) is 5.59. The van der Waals surface area contributed by atoms with Crippen molar-refractivity contribution in [3.8, 4) is 5.75 Å². The minimum Gasteiger partial charge on any atom is -0.489 e. The summed E-state index contributed by atoms with van der Waals surface area (Å²) in [6, 6.07) is 18.9. The molecule has 0 spiro atoms. The number of rotatable bonds is 6. The first-order valence-corrected chi connectivity index (χ1v) is 10.8. The zero-order valence-electron chi connectivity index (χ0n) is 18.0. The van der Waals surface area contributed by atoms with Crippen LogP contribution in [0.15, 0.2) is 72.8 Å². The number of nitrogens with zero attached hydrogens (tertiary/aromatic N) is 2. The Morgan fingerprint density at radius 2 is 1.33 bits per heavy atom. The van der Waals surface area contributed by atoms with E-state index in [0.29, 0.717) is 37.5 Å². The zero-order valence-corrected chi connectivity index (χ0v) is 18.0. The summed E-state index contributed by atoms with van der Waals surface area (Å²) < 4.78 is 31.8. The van der Waals surface area contributed by atoms with Gasteiger partial charge in [0, 0.05) is 31.7 Å². The molecule has 1 fully saturated rings. The van der Waals surface area contributed by atoms with E-state index in [1.165, 1.54) is 24.3 Å². The van der Waals surface area contributed by atoms with Crippen LogP contribution in [0.3, 0.4) is 0 Å². The number of ether oxygens (including phenoxy) is 1. The highest BCUT2D eigenvalue weighted by Crippen LogP contribution is 2.18. The van der Waals surface area contributed by atoms with Gasteiger partial charge in [0.15, 0.2) is 0 Å². The van der Waals surface area contributed by atoms with Gasteiger partial charge in [0.25, 0.3) is 5.91 Å². The number of carbonyl (C=O) groups is 2. The molecule has 3 aromatic rings. The summed E-state index contributed by atoms with van der Waals surface area (Å²) in [6.45, 7) is 2.05. The molecule has 0 aliphatic carbocycles. The Morgan fingerprint density at radius 3 is 1.97 bits per heavy atom. The van der Waals surface area contributed by atoms with E-state index in [9.17, 15) is 18.4 Å². The molecule has 1 heterocycles. The van der Waals surface area contributed by atoms with Crippen LogP contribution in [0.5, 0.6) is 5.75 Å². The number of benzene rings is 3. The Labute approximate surface area is 191 Å². The highest BCUT2D eigenvalue weighted by Gasteiger charge is 2.25. The molecule has 2 amide bonds. The van der Waals surface area contributed by atoms with Crippen LogP contribution in [0.25, 0.3) is 0 Å². The van der Waals surface area contributed by atoms with Crippen molar-refractivity contribution in [2.24, 2.45) is 0 Å². The largest absolute Gasteiger partial charge is 0.489 e. The minimum absolute atomic E-state index is 0.0371. The maximum atomic E-state index is 13.0. The van der Waals surface area contributed by atoms with E-state index in [4.69, 9.17) is 4.74 Å². The van der Waals surface area contributed by atoms with Crippen LogP contribution in [0.2, 0.25) is 0 Å². The summed E-state index contributed by atoms with van der Waals surface area (Å²) in [4.78, 5) is 28.9. The number of hydrogen-bond donors (Lipinski definition) is 0. The predicted molar refractivity (Wildman–Crippen MR) is 120 cm³/mol. The van der Waals surface area contributed by atoms with Gasteiger partial charge in [0.1, 0.15) is 24.0 Å². The van der Waals surface area contributed by atoms with Crippen molar-refractivity contribution in [3.63, 3.8) is 0 Å². The zero-order chi connectivity index (χ0) is 23.2. The van der Waals surface area contributed by atoms with Crippen molar-refractivity contribution >= 4 is 11.8 Å². The van der Waals surface area contributed by atoms with E-state index in [1.54, 1.807) is 58.3 Å². The average Bonchev–Trinajstić information content (AvgIpc) is 2.85. The molecule has 5 nitrogen and oxygen atoms in total. The van der Waals surface area contributed by atoms with Gasteiger partial charge in [0.05, 0.1) is 6.42 Å². The fraction of sp³-hybridized carbons (Fsp3) is 0.231. The highest BCUT2D eigenvalue weighted by atomic mass is 19.1. The van der Waals surface area contributed by atoms with Gasteiger partial charge in [-0.3, -0.25) is 9.59 Å². The molecule has 0 aromatic heterocycles. The summed E-state index contributed by atoms with van der Waals surface area (Å²) in [5.41, 5.74) is 2.10. The maximum absolute atomic E-state index is 13.0.